The molecule has 0 spiro atoms. The first-order chi connectivity index (χ1) is 14.1. The van der Waals surface area contributed by atoms with Gasteiger partial charge in [0.1, 0.15) is 19.4 Å². The Bertz CT molecular complexity index is 1020. The summed E-state index contributed by atoms with van der Waals surface area (Å²) >= 11 is 3.44. The number of rotatable bonds is 6. The third-order valence-corrected chi connectivity index (χ3v) is 6.53. The number of halogens is 1. The van der Waals surface area contributed by atoms with Gasteiger partial charge in [-0.2, -0.15) is 0 Å². The van der Waals surface area contributed by atoms with E-state index in [2.05, 4.69) is 20.9 Å². The van der Waals surface area contributed by atoms with E-state index in [4.69, 9.17) is 9.47 Å². The molecule has 3 heterocycles. The highest BCUT2D eigenvalue weighted by molar-refractivity contribution is 9.10. The first kappa shape index (κ1) is 18.7. The molecule has 7 nitrogen and oxygen atoms in total. The van der Waals surface area contributed by atoms with Crippen molar-refractivity contribution in [1.29, 1.82) is 0 Å². The Balaban J connectivity index is 1.60. The third-order valence-electron chi connectivity index (χ3n) is 5.76. The third kappa shape index (κ3) is 3.14. The van der Waals surface area contributed by atoms with E-state index in [1.54, 1.807) is 7.11 Å². The molecule has 0 bridgehead atoms. The van der Waals surface area contributed by atoms with Crippen molar-refractivity contribution in [3.63, 3.8) is 0 Å². The number of nitrogens with zero attached hydrogens (tertiary/aromatic N) is 3. The van der Waals surface area contributed by atoms with Gasteiger partial charge in [-0.15, -0.1) is 0 Å². The molecule has 1 aromatic heterocycles. The molecule has 1 unspecified atom stereocenters. The van der Waals surface area contributed by atoms with E-state index in [0.717, 1.165) is 18.4 Å². The van der Waals surface area contributed by atoms with E-state index in [0.29, 0.717) is 41.5 Å². The summed E-state index contributed by atoms with van der Waals surface area (Å²) in [5, 5.41) is 2.06. The Morgan fingerprint density at radius 1 is 1.17 bits per heavy atom. The second-order valence-corrected chi connectivity index (χ2v) is 8.61. The minimum atomic E-state index is -0.312. The van der Waals surface area contributed by atoms with Crippen LogP contribution in [0.4, 0.5) is 0 Å². The predicted octanol–water partition coefficient (Wildman–Crippen LogP) is 2.65. The van der Waals surface area contributed by atoms with Crippen molar-refractivity contribution in [3.8, 4) is 5.75 Å². The van der Waals surface area contributed by atoms with Crippen LogP contribution >= 0.6 is 15.9 Å². The predicted molar refractivity (Wildman–Crippen MR) is 111 cm³/mol. The van der Waals surface area contributed by atoms with E-state index in [-0.39, 0.29) is 29.8 Å². The number of carbonyl (C=O) groups excluding carboxylic acids is 1. The number of amides is 1. The summed E-state index contributed by atoms with van der Waals surface area (Å²) in [7, 11) is 1.62. The summed E-state index contributed by atoms with van der Waals surface area (Å²) in [5.74, 6) is 0.497. The molecule has 29 heavy (non-hydrogen) atoms. The fourth-order valence-electron chi connectivity index (χ4n) is 4.09. The number of pyridine rings is 1. The van der Waals surface area contributed by atoms with Crippen LogP contribution in [0, 0.1) is 5.92 Å². The maximum absolute atomic E-state index is 13.4. The number of benzene rings is 1. The maximum atomic E-state index is 13.4. The highest BCUT2D eigenvalue weighted by Gasteiger charge is 2.44. The molecule has 8 heteroatoms. The van der Waals surface area contributed by atoms with Gasteiger partial charge in [0.05, 0.1) is 16.7 Å². The molecule has 1 aromatic carbocycles. The van der Waals surface area contributed by atoms with Gasteiger partial charge in [-0.3, -0.25) is 14.6 Å². The lowest BCUT2D eigenvalue weighted by Crippen LogP contribution is -2.53. The number of ether oxygens (including phenoxy) is 2. The standard InChI is InChI=1S/C21H22BrN3O4/c1-28-15-10-24-12-23(9-13-7-8-13)21(27)18-20(19(26)16(22)17(15)25(18)24)29-11-14-5-3-2-4-6-14/h2-6,13,15H,7-12H2,1H3. The molecule has 2 aromatic rings. The van der Waals surface area contributed by atoms with Crippen LogP contribution in [-0.4, -0.2) is 42.4 Å². The van der Waals surface area contributed by atoms with E-state index in [1.165, 1.54) is 0 Å². The maximum Gasteiger partial charge on any atom is 0.277 e. The summed E-state index contributed by atoms with van der Waals surface area (Å²) in [5.41, 5.74) is 1.60. The Labute approximate surface area is 176 Å². The van der Waals surface area contributed by atoms with Crippen LogP contribution in [0.25, 0.3) is 0 Å². The average Bonchev–Trinajstić information content (AvgIpc) is 3.47. The van der Waals surface area contributed by atoms with Crippen molar-refractivity contribution in [1.82, 2.24) is 9.58 Å². The molecular formula is C21H22BrN3O4. The second kappa shape index (κ2) is 7.18. The Morgan fingerprint density at radius 2 is 1.93 bits per heavy atom. The van der Waals surface area contributed by atoms with Crippen molar-refractivity contribution < 1.29 is 14.3 Å². The van der Waals surface area contributed by atoms with Gasteiger partial charge in [0, 0.05) is 13.7 Å². The molecule has 1 atom stereocenters. The van der Waals surface area contributed by atoms with E-state index < -0.39 is 0 Å². The lowest BCUT2D eigenvalue weighted by atomic mass is 10.2. The minimum Gasteiger partial charge on any atom is -0.482 e. The smallest absolute Gasteiger partial charge is 0.277 e. The van der Waals surface area contributed by atoms with Crippen molar-refractivity contribution >= 4 is 21.8 Å². The van der Waals surface area contributed by atoms with Crippen LogP contribution in [0.2, 0.25) is 0 Å². The topological polar surface area (TPSA) is 64.0 Å². The number of hydrogen-bond donors (Lipinski definition) is 0. The number of aromatic nitrogens is 1. The highest BCUT2D eigenvalue weighted by Crippen LogP contribution is 2.38. The normalized spacial score (nSPS) is 20.2. The first-order valence-electron chi connectivity index (χ1n) is 9.81. The molecule has 152 valence electrons. The van der Waals surface area contributed by atoms with E-state index in [1.807, 2.05) is 39.9 Å². The zero-order chi connectivity index (χ0) is 20.1. The van der Waals surface area contributed by atoms with Crippen molar-refractivity contribution in [3.05, 3.63) is 62.0 Å². The van der Waals surface area contributed by atoms with Gasteiger partial charge < -0.3 is 14.4 Å². The van der Waals surface area contributed by atoms with Crippen molar-refractivity contribution in [2.45, 2.75) is 25.6 Å². The Kier molecular flexibility index (Phi) is 4.63. The molecule has 3 aliphatic rings. The first-order valence-corrected chi connectivity index (χ1v) is 10.6. The summed E-state index contributed by atoms with van der Waals surface area (Å²) in [6.07, 6.45) is 2.02. The average molecular weight is 460 g/mol. The zero-order valence-corrected chi connectivity index (χ0v) is 17.7. The van der Waals surface area contributed by atoms with Gasteiger partial charge in [-0.1, -0.05) is 30.3 Å². The molecule has 5 rings (SSSR count). The molecule has 0 saturated heterocycles. The number of methoxy groups -OCH3 is 1. The van der Waals surface area contributed by atoms with Gasteiger partial charge in [0.15, 0.2) is 11.4 Å². The molecule has 1 aliphatic carbocycles. The lowest BCUT2D eigenvalue weighted by Gasteiger charge is -2.37. The monoisotopic (exact) mass is 459 g/mol. The van der Waals surface area contributed by atoms with Crippen LogP contribution in [0.1, 0.15) is 40.7 Å². The molecule has 0 radical (unpaired) electrons. The fourth-order valence-corrected chi connectivity index (χ4v) is 4.69. The van der Waals surface area contributed by atoms with Crippen molar-refractivity contribution in [2.24, 2.45) is 5.92 Å². The van der Waals surface area contributed by atoms with Gasteiger partial charge in [0.25, 0.3) is 5.91 Å². The van der Waals surface area contributed by atoms with E-state index >= 15 is 0 Å². The zero-order valence-electron chi connectivity index (χ0n) is 16.1. The SMILES string of the molecule is COC1CN2CN(CC3CC3)C(=O)c3c(OCc4ccccc4)c(=O)c(Br)c1n32. The molecule has 1 fully saturated rings. The molecule has 1 amide bonds. The summed E-state index contributed by atoms with van der Waals surface area (Å²) in [4.78, 5) is 28.4. The fraction of sp³-hybridized carbons (Fsp3) is 0.429. The van der Waals surface area contributed by atoms with Crippen LogP contribution in [0.3, 0.4) is 0 Å². The molecule has 2 aliphatic heterocycles. The number of carbonyl (C=O) groups is 1. The largest absolute Gasteiger partial charge is 0.482 e. The second-order valence-electron chi connectivity index (χ2n) is 7.82. The van der Waals surface area contributed by atoms with Crippen LogP contribution in [-0.2, 0) is 11.3 Å². The van der Waals surface area contributed by atoms with Crippen LogP contribution in [0.15, 0.2) is 39.6 Å². The van der Waals surface area contributed by atoms with E-state index in [9.17, 15) is 9.59 Å². The van der Waals surface area contributed by atoms with Gasteiger partial charge in [-0.25, -0.2) is 4.68 Å². The van der Waals surface area contributed by atoms with Crippen LogP contribution < -0.4 is 15.2 Å². The molecule has 0 N–H and O–H groups in total. The Morgan fingerprint density at radius 3 is 2.62 bits per heavy atom. The summed E-state index contributed by atoms with van der Waals surface area (Å²) in [6.45, 7) is 2.00. The quantitative estimate of drug-likeness (QED) is 0.664. The molecular weight excluding hydrogens is 438 g/mol. The number of hydrogen-bond acceptors (Lipinski definition) is 5. The van der Waals surface area contributed by atoms with Gasteiger partial charge in [-0.05, 0) is 40.3 Å². The summed E-state index contributed by atoms with van der Waals surface area (Å²) < 4.78 is 13.8. The summed E-state index contributed by atoms with van der Waals surface area (Å²) in [6, 6.07) is 9.62. The van der Waals surface area contributed by atoms with Crippen molar-refractivity contribution in [2.75, 3.05) is 31.9 Å². The minimum absolute atomic E-state index is 0.0942. The van der Waals surface area contributed by atoms with Crippen LogP contribution in [0.5, 0.6) is 5.75 Å². The van der Waals surface area contributed by atoms with Gasteiger partial charge in [0.2, 0.25) is 5.43 Å². The highest BCUT2D eigenvalue weighted by atomic mass is 79.9. The lowest BCUT2D eigenvalue weighted by molar-refractivity contribution is 0.0676. The molecule has 1 saturated carbocycles. The Hall–Kier alpha value is -2.32. The van der Waals surface area contributed by atoms with Gasteiger partial charge >= 0.3 is 0 Å².